The number of methoxy groups -OCH3 is 1. The summed E-state index contributed by atoms with van der Waals surface area (Å²) in [6, 6.07) is 6.50. The zero-order valence-corrected chi connectivity index (χ0v) is 9.64. The number of rotatable bonds is 4. The van der Waals surface area contributed by atoms with Gasteiger partial charge in [-0.25, -0.2) is 4.79 Å². The van der Waals surface area contributed by atoms with Crippen LogP contribution in [0.4, 0.5) is 0 Å². The van der Waals surface area contributed by atoms with Crippen LogP contribution in [0.2, 0.25) is 0 Å². The molecule has 0 aliphatic heterocycles. The number of nitrogens with one attached hydrogen (secondary N) is 1. The number of carbonyl (C=O) groups is 2. The third-order valence-electron chi connectivity index (χ3n) is 2.57. The molecule has 1 heterocycles. The lowest BCUT2D eigenvalue weighted by molar-refractivity contribution is 0.0693. The lowest BCUT2D eigenvalue weighted by Gasteiger charge is -2.02. The molecule has 0 fully saturated rings. The number of H-pyrrole nitrogens is 1. The van der Waals surface area contributed by atoms with Crippen LogP contribution in [0.5, 0.6) is 5.75 Å². The molecule has 0 saturated heterocycles. The Bertz CT molecular complexity index is 583. The molecule has 0 saturated carbocycles. The summed E-state index contributed by atoms with van der Waals surface area (Å²) in [7, 11) is 1.53. The van der Waals surface area contributed by atoms with Gasteiger partial charge < -0.3 is 14.8 Å². The first kappa shape index (κ1) is 11.9. The monoisotopic (exact) mass is 245 g/mol. The van der Waals surface area contributed by atoms with Crippen molar-refractivity contribution >= 4 is 11.8 Å². The molecule has 0 aliphatic carbocycles. The summed E-state index contributed by atoms with van der Waals surface area (Å²) in [6.07, 6.45) is 2.68. The van der Waals surface area contributed by atoms with Crippen molar-refractivity contribution in [3.63, 3.8) is 0 Å². The molecule has 0 unspecified atom stereocenters. The van der Waals surface area contributed by atoms with Crippen molar-refractivity contribution in [3.8, 4) is 5.75 Å². The summed E-state index contributed by atoms with van der Waals surface area (Å²) in [5, 5.41) is 8.94. The Morgan fingerprint density at radius 1 is 1.11 bits per heavy atom. The van der Waals surface area contributed by atoms with Gasteiger partial charge in [-0.15, -0.1) is 0 Å². The third kappa shape index (κ3) is 2.10. The molecular weight excluding hydrogens is 234 g/mol. The summed E-state index contributed by atoms with van der Waals surface area (Å²) < 4.78 is 4.99. The average Bonchev–Trinajstić information content (AvgIpc) is 2.87. The molecule has 0 amide bonds. The van der Waals surface area contributed by atoms with Crippen molar-refractivity contribution in [1.82, 2.24) is 4.98 Å². The van der Waals surface area contributed by atoms with Crippen LogP contribution < -0.4 is 4.74 Å². The SMILES string of the molecule is COc1ccc(C(=O)c2c[nH]cc2C(=O)O)cc1. The zero-order valence-electron chi connectivity index (χ0n) is 9.64. The first-order chi connectivity index (χ1) is 8.63. The molecule has 5 heteroatoms. The van der Waals surface area contributed by atoms with Crippen LogP contribution in [0, 0.1) is 0 Å². The Balaban J connectivity index is 2.35. The quantitative estimate of drug-likeness (QED) is 0.807. The standard InChI is InChI=1S/C13H11NO4/c1-18-9-4-2-8(3-5-9)12(15)10-6-14-7-11(10)13(16)17/h2-7,14H,1H3,(H,16,17). The normalized spacial score (nSPS) is 10.1. The van der Waals surface area contributed by atoms with Crippen LogP contribution in [-0.4, -0.2) is 29.0 Å². The summed E-state index contributed by atoms with van der Waals surface area (Å²) in [4.78, 5) is 25.7. The van der Waals surface area contributed by atoms with Gasteiger partial charge in [0.1, 0.15) is 5.75 Å². The van der Waals surface area contributed by atoms with Crippen molar-refractivity contribution in [2.45, 2.75) is 0 Å². The fourth-order valence-corrected chi connectivity index (χ4v) is 1.63. The van der Waals surface area contributed by atoms with E-state index in [-0.39, 0.29) is 16.9 Å². The lowest BCUT2D eigenvalue weighted by Crippen LogP contribution is -2.06. The molecule has 2 N–H and O–H groups in total. The molecule has 2 rings (SSSR count). The molecule has 1 aromatic carbocycles. The van der Waals surface area contributed by atoms with E-state index in [1.165, 1.54) is 19.5 Å². The van der Waals surface area contributed by atoms with Gasteiger partial charge >= 0.3 is 5.97 Å². The first-order valence-corrected chi connectivity index (χ1v) is 5.22. The predicted molar refractivity (Wildman–Crippen MR) is 64.2 cm³/mol. The summed E-state index contributed by atoms with van der Waals surface area (Å²) in [5.74, 6) is -0.830. The highest BCUT2D eigenvalue weighted by Gasteiger charge is 2.18. The molecule has 0 aliphatic rings. The van der Waals surface area contributed by atoms with Gasteiger partial charge in [-0.1, -0.05) is 0 Å². The lowest BCUT2D eigenvalue weighted by atomic mass is 10.0. The minimum absolute atomic E-state index is 0.0316. The molecule has 0 radical (unpaired) electrons. The molecule has 1 aromatic heterocycles. The highest BCUT2D eigenvalue weighted by molar-refractivity contribution is 6.14. The Kier molecular flexibility index (Phi) is 3.14. The van der Waals surface area contributed by atoms with E-state index >= 15 is 0 Å². The molecular formula is C13H11NO4. The summed E-state index contributed by atoms with van der Waals surface area (Å²) >= 11 is 0. The largest absolute Gasteiger partial charge is 0.497 e. The van der Waals surface area contributed by atoms with Gasteiger partial charge in [0, 0.05) is 18.0 Å². The topological polar surface area (TPSA) is 79.4 Å². The second-order valence-corrected chi connectivity index (χ2v) is 3.65. The number of benzene rings is 1. The van der Waals surface area contributed by atoms with Crippen LogP contribution in [0.15, 0.2) is 36.7 Å². The van der Waals surface area contributed by atoms with Gasteiger partial charge in [-0.3, -0.25) is 4.79 Å². The van der Waals surface area contributed by atoms with Gasteiger partial charge in [0.15, 0.2) is 5.78 Å². The van der Waals surface area contributed by atoms with E-state index in [1.807, 2.05) is 0 Å². The van der Waals surface area contributed by atoms with Crippen LogP contribution in [-0.2, 0) is 0 Å². The molecule has 92 valence electrons. The van der Waals surface area contributed by atoms with E-state index in [2.05, 4.69) is 4.98 Å². The number of carbonyl (C=O) groups excluding carboxylic acids is 1. The second-order valence-electron chi connectivity index (χ2n) is 3.65. The van der Waals surface area contributed by atoms with Crippen molar-refractivity contribution in [2.75, 3.05) is 7.11 Å². The molecule has 2 aromatic rings. The Hall–Kier alpha value is -2.56. The molecule has 0 bridgehead atoms. The van der Waals surface area contributed by atoms with E-state index in [9.17, 15) is 9.59 Å². The summed E-state index contributed by atoms with van der Waals surface area (Å²) in [6.45, 7) is 0. The number of carboxylic acids is 1. The molecule has 0 atom stereocenters. The van der Waals surface area contributed by atoms with Crippen LogP contribution in [0.1, 0.15) is 26.3 Å². The van der Waals surface area contributed by atoms with Crippen molar-refractivity contribution in [3.05, 3.63) is 53.3 Å². The zero-order chi connectivity index (χ0) is 13.1. The van der Waals surface area contributed by atoms with Gasteiger partial charge in [0.2, 0.25) is 0 Å². The number of hydrogen-bond donors (Lipinski definition) is 2. The number of aromatic amines is 1. The van der Waals surface area contributed by atoms with E-state index in [0.29, 0.717) is 11.3 Å². The maximum Gasteiger partial charge on any atom is 0.337 e. The maximum atomic E-state index is 12.1. The summed E-state index contributed by atoms with van der Waals surface area (Å²) in [5.41, 5.74) is 0.529. The van der Waals surface area contributed by atoms with Crippen molar-refractivity contribution in [2.24, 2.45) is 0 Å². The number of carboxylic acid groups (broad SMARTS) is 1. The highest BCUT2D eigenvalue weighted by Crippen LogP contribution is 2.17. The molecule has 18 heavy (non-hydrogen) atoms. The number of aromatic carboxylic acids is 1. The van der Waals surface area contributed by atoms with Gasteiger partial charge in [-0.2, -0.15) is 0 Å². The first-order valence-electron chi connectivity index (χ1n) is 5.22. The van der Waals surface area contributed by atoms with Gasteiger partial charge in [-0.05, 0) is 24.3 Å². The Morgan fingerprint density at radius 3 is 2.28 bits per heavy atom. The maximum absolute atomic E-state index is 12.1. The van der Waals surface area contributed by atoms with E-state index < -0.39 is 5.97 Å². The van der Waals surface area contributed by atoms with Crippen molar-refractivity contribution < 1.29 is 19.4 Å². The minimum atomic E-state index is -1.13. The predicted octanol–water partition coefficient (Wildman–Crippen LogP) is 1.95. The van der Waals surface area contributed by atoms with Crippen LogP contribution >= 0.6 is 0 Å². The Morgan fingerprint density at radius 2 is 1.72 bits per heavy atom. The smallest absolute Gasteiger partial charge is 0.337 e. The van der Waals surface area contributed by atoms with Crippen LogP contribution in [0.25, 0.3) is 0 Å². The van der Waals surface area contributed by atoms with E-state index in [1.54, 1.807) is 24.3 Å². The van der Waals surface area contributed by atoms with Crippen LogP contribution in [0.3, 0.4) is 0 Å². The fraction of sp³-hybridized carbons (Fsp3) is 0.0769. The minimum Gasteiger partial charge on any atom is -0.497 e. The number of aromatic nitrogens is 1. The van der Waals surface area contributed by atoms with E-state index in [0.717, 1.165) is 0 Å². The van der Waals surface area contributed by atoms with E-state index in [4.69, 9.17) is 9.84 Å². The second kappa shape index (κ2) is 4.75. The Labute approximate surface area is 103 Å². The van der Waals surface area contributed by atoms with Crippen molar-refractivity contribution in [1.29, 1.82) is 0 Å². The highest BCUT2D eigenvalue weighted by atomic mass is 16.5. The number of hydrogen-bond acceptors (Lipinski definition) is 3. The number of ketones is 1. The number of ether oxygens (including phenoxy) is 1. The molecule has 5 nitrogen and oxygen atoms in total. The van der Waals surface area contributed by atoms with Gasteiger partial charge in [0.25, 0.3) is 0 Å². The fourth-order valence-electron chi connectivity index (χ4n) is 1.63. The third-order valence-corrected chi connectivity index (χ3v) is 2.57. The average molecular weight is 245 g/mol. The van der Waals surface area contributed by atoms with Gasteiger partial charge in [0.05, 0.1) is 18.2 Å². The molecule has 0 spiro atoms.